The largest absolute Gasteiger partial charge is 0.354 e. The van der Waals surface area contributed by atoms with E-state index in [1.807, 2.05) is 6.20 Å². The summed E-state index contributed by atoms with van der Waals surface area (Å²) in [5, 5.41) is 0. The highest BCUT2D eigenvalue weighted by Crippen LogP contribution is 2.19. The first-order valence-electron chi connectivity index (χ1n) is 8.32. The van der Waals surface area contributed by atoms with Crippen molar-refractivity contribution in [1.29, 1.82) is 0 Å². The SMILES string of the molecule is Cc1ccnc(N2CCN(CCC3CCCN3C)CC2)c1. The smallest absolute Gasteiger partial charge is 0.128 e. The van der Waals surface area contributed by atoms with E-state index in [0.29, 0.717) is 0 Å². The van der Waals surface area contributed by atoms with Crippen LogP contribution in [-0.4, -0.2) is 67.1 Å². The van der Waals surface area contributed by atoms with Crippen molar-refractivity contribution in [3.63, 3.8) is 0 Å². The first-order chi connectivity index (χ1) is 10.2. The van der Waals surface area contributed by atoms with Gasteiger partial charge in [0.1, 0.15) is 5.82 Å². The summed E-state index contributed by atoms with van der Waals surface area (Å²) < 4.78 is 0. The minimum absolute atomic E-state index is 0.821. The molecule has 116 valence electrons. The number of piperazine rings is 1. The van der Waals surface area contributed by atoms with Gasteiger partial charge in [-0.1, -0.05) is 0 Å². The van der Waals surface area contributed by atoms with Crippen molar-refractivity contribution in [1.82, 2.24) is 14.8 Å². The summed E-state index contributed by atoms with van der Waals surface area (Å²) in [5.41, 5.74) is 1.30. The molecule has 2 aliphatic heterocycles. The molecule has 1 aromatic heterocycles. The van der Waals surface area contributed by atoms with Crippen LogP contribution in [0.3, 0.4) is 0 Å². The Kier molecular flexibility index (Phi) is 4.76. The van der Waals surface area contributed by atoms with Gasteiger partial charge in [-0.25, -0.2) is 4.98 Å². The second kappa shape index (κ2) is 6.75. The fraction of sp³-hybridized carbons (Fsp3) is 0.706. The fourth-order valence-electron chi connectivity index (χ4n) is 3.57. The molecule has 1 atom stereocenters. The van der Waals surface area contributed by atoms with Gasteiger partial charge >= 0.3 is 0 Å². The third-order valence-corrected chi connectivity index (χ3v) is 5.05. The van der Waals surface area contributed by atoms with Crippen molar-refractivity contribution in [2.45, 2.75) is 32.2 Å². The third-order valence-electron chi connectivity index (χ3n) is 5.05. The monoisotopic (exact) mass is 288 g/mol. The lowest BCUT2D eigenvalue weighted by molar-refractivity contribution is 0.214. The molecule has 3 heterocycles. The maximum Gasteiger partial charge on any atom is 0.128 e. The van der Waals surface area contributed by atoms with Gasteiger partial charge in [0.05, 0.1) is 0 Å². The van der Waals surface area contributed by atoms with E-state index in [-0.39, 0.29) is 0 Å². The molecule has 0 aromatic carbocycles. The van der Waals surface area contributed by atoms with Crippen LogP contribution in [-0.2, 0) is 0 Å². The van der Waals surface area contributed by atoms with E-state index in [4.69, 9.17) is 0 Å². The Morgan fingerprint density at radius 1 is 1.19 bits per heavy atom. The van der Waals surface area contributed by atoms with Crippen LogP contribution in [0.1, 0.15) is 24.8 Å². The van der Waals surface area contributed by atoms with Crippen molar-refractivity contribution < 1.29 is 0 Å². The van der Waals surface area contributed by atoms with Crippen LogP contribution < -0.4 is 4.90 Å². The highest BCUT2D eigenvalue weighted by molar-refractivity contribution is 5.41. The van der Waals surface area contributed by atoms with Gasteiger partial charge in [-0.05, 0) is 64.0 Å². The summed E-state index contributed by atoms with van der Waals surface area (Å²) >= 11 is 0. The molecule has 0 N–H and O–H groups in total. The van der Waals surface area contributed by atoms with Gasteiger partial charge in [-0.15, -0.1) is 0 Å². The lowest BCUT2D eigenvalue weighted by Gasteiger charge is -2.36. The van der Waals surface area contributed by atoms with Gasteiger partial charge in [0, 0.05) is 38.4 Å². The molecule has 2 aliphatic rings. The summed E-state index contributed by atoms with van der Waals surface area (Å²) in [6.45, 7) is 9.24. The molecule has 3 rings (SSSR count). The van der Waals surface area contributed by atoms with Gasteiger partial charge in [0.2, 0.25) is 0 Å². The van der Waals surface area contributed by atoms with E-state index in [2.05, 4.69) is 45.8 Å². The Morgan fingerprint density at radius 3 is 2.67 bits per heavy atom. The number of nitrogens with zero attached hydrogens (tertiary/aromatic N) is 4. The number of aromatic nitrogens is 1. The predicted molar refractivity (Wildman–Crippen MR) is 87.9 cm³/mol. The minimum Gasteiger partial charge on any atom is -0.354 e. The van der Waals surface area contributed by atoms with Gasteiger partial charge in [-0.2, -0.15) is 0 Å². The van der Waals surface area contributed by atoms with Gasteiger partial charge in [0.15, 0.2) is 0 Å². The predicted octanol–water partition coefficient (Wildman–Crippen LogP) is 2.00. The molecule has 2 fully saturated rings. The summed E-state index contributed by atoms with van der Waals surface area (Å²) in [6, 6.07) is 5.09. The molecule has 21 heavy (non-hydrogen) atoms. The van der Waals surface area contributed by atoms with Crippen LogP contribution in [0, 0.1) is 6.92 Å². The van der Waals surface area contributed by atoms with Crippen molar-refractivity contribution in [3.8, 4) is 0 Å². The zero-order valence-corrected chi connectivity index (χ0v) is 13.5. The fourth-order valence-corrected chi connectivity index (χ4v) is 3.57. The molecule has 1 unspecified atom stereocenters. The van der Waals surface area contributed by atoms with Gasteiger partial charge in [0.25, 0.3) is 0 Å². The first-order valence-corrected chi connectivity index (χ1v) is 8.32. The van der Waals surface area contributed by atoms with E-state index in [0.717, 1.165) is 24.9 Å². The van der Waals surface area contributed by atoms with E-state index in [1.165, 1.54) is 51.0 Å². The molecule has 0 spiro atoms. The third kappa shape index (κ3) is 3.74. The Labute approximate surface area is 128 Å². The maximum atomic E-state index is 4.51. The second-order valence-electron chi connectivity index (χ2n) is 6.59. The van der Waals surface area contributed by atoms with Crippen molar-refractivity contribution in [2.75, 3.05) is 51.2 Å². The molecule has 2 saturated heterocycles. The zero-order valence-electron chi connectivity index (χ0n) is 13.5. The summed E-state index contributed by atoms with van der Waals surface area (Å²) in [4.78, 5) is 12.1. The van der Waals surface area contributed by atoms with Crippen LogP contribution in [0.2, 0.25) is 0 Å². The summed E-state index contributed by atoms with van der Waals surface area (Å²) in [6.07, 6.45) is 6.03. The topological polar surface area (TPSA) is 22.6 Å². The van der Waals surface area contributed by atoms with Gasteiger partial charge in [-0.3, -0.25) is 4.90 Å². The molecule has 1 aromatic rings. The average Bonchev–Trinajstić information content (AvgIpc) is 2.91. The Bertz CT molecular complexity index is 454. The summed E-state index contributed by atoms with van der Waals surface area (Å²) in [7, 11) is 2.28. The number of rotatable bonds is 4. The maximum absolute atomic E-state index is 4.51. The summed E-state index contributed by atoms with van der Waals surface area (Å²) in [5.74, 6) is 1.14. The van der Waals surface area contributed by atoms with Crippen LogP contribution in [0.5, 0.6) is 0 Å². The number of hydrogen-bond acceptors (Lipinski definition) is 4. The number of hydrogen-bond donors (Lipinski definition) is 0. The first kappa shape index (κ1) is 14.8. The Hall–Kier alpha value is -1.13. The van der Waals surface area contributed by atoms with Crippen LogP contribution in [0.4, 0.5) is 5.82 Å². The highest BCUT2D eigenvalue weighted by Gasteiger charge is 2.23. The van der Waals surface area contributed by atoms with E-state index in [9.17, 15) is 0 Å². The normalized spacial score (nSPS) is 24.7. The van der Waals surface area contributed by atoms with Crippen molar-refractivity contribution >= 4 is 5.82 Å². The quantitative estimate of drug-likeness (QED) is 0.845. The molecule has 0 bridgehead atoms. The lowest BCUT2D eigenvalue weighted by Crippen LogP contribution is -2.47. The lowest BCUT2D eigenvalue weighted by atomic mass is 10.1. The zero-order chi connectivity index (χ0) is 14.7. The van der Waals surface area contributed by atoms with E-state index in [1.54, 1.807) is 0 Å². The number of likely N-dealkylation sites (tertiary alicyclic amines) is 1. The number of aryl methyl sites for hydroxylation is 1. The van der Waals surface area contributed by atoms with Crippen molar-refractivity contribution in [3.05, 3.63) is 23.9 Å². The Morgan fingerprint density at radius 2 is 2.00 bits per heavy atom. The van der Waals surface area contributed by atoms with Crippen LogP contribution >= 0.6 is 0 Å². The minimum atomic E-state index is 0.821. The molecular weight excluding hydrogens is 260 g/mol. The van der Waals surface area contributed by atoms with Crippen LogP contribution in [0.15, 0.2) is 18.3 Å². The molecule has 4 heteroatoms. The molecule has 0 aliphatic carbocycles. The van der Waals surface area contributed by atoms with Crippen molar-refractivity contribution in [2.24, 2.45) is 0 Å². The average molecular weight is 288 g/mol. The molecule has 0 saturated carbocycles. The van der Waals surface area contributed by atoms with E-state index < -0.39 is 0 Å². The highest BCUT2D eigenvalue weighted by atomic mass is 15.3. The van der Waals surface area contributed by atoms with E-state index >= 15 is 0 Å². The molecule has 4 nitrogen and oxygen atoms in total. The number of anilines is 1. The second-order valence-corrected chi connectivity index (χ2v) is 6.59. The van der Waals surface area contributed by atoms with Gasteiger partial charge < -0.3 is 9.80 Å². The number of pyridine rings is 1. The molecule has 0 radical (unpaired) electrons. The van der Waals surface area contributed by atoms with Crippen LogP contribution in [0.25, 0.3) is 0 Å². The standard InChI is InChI=1S/C17H28N4/c1-15-5-7-18-17(14-15)21-12-10-20(11-13-21)9-6-16-4-3-8-19(16)2/h5,7,14,16H,3-4,6,8-13H2,1-2H3. The Balaban J connectivity index is 1.44. The molecular formula is C17H28N4. The molecule has 0 amide bonds.